The fraction of sp³-hybridized carbons (Fsp3) is 0.0741. The van der Waals surface area contributed by atoms with Gasteiger partial charge >= 0.3 is 0 Å². The zero-order valence-electron chi connectivity index (χ0n) is 30.9. The van der Waals surface area contributed by atoms with Crippen molar-refractivity contribution in [3.63, 3.8) is 0 Å². The number of rotatable bonds is 5. The Bertz CT molecular complexity index is 3010. The highest BCUT2D eigenvalue weighted by Crippen LogP contribution is 2.58. The molecule has 0 fully saturated rings. The Labute approximate surface area is 327 Å². The first-order valence-electron chi connectivity index (χ1n) is 19.9. The molecule has 0 radical (unpaired) electrons. The third kappa shape index (κ3) is 4.63. The van der Waals surface area contributed by atoms with Gasteiger partial charge in [0, 0.05) is 45.4 Å². The predicted molar refractivity (Wildman–Crippen MR) is 235 cm³/mol. The summed E-state index contributed by atoms with van der Waals surface area (Å²) in [6.45, 7) is 0. The normalized spacial score (nSPS) is 17.2. The molecule has 2 nitrogen and oxygen atoms in total. The van der Waals surface area contributed by atoms with Crippen molar-refractivity contribution >= 4 is 38.9 Å². The SMILES string of the molecule is C1=CC(n2c3ccccc3c3ccc(-c4ccc(N(C5=CC6c7c8cccc7-c7cccc(c7-c7ccccc7-8)C6C=C5)c5ccccc5)cc4)cc32)=CCC1. The van der Waals surface area contributed by atoms with Crippen LogP contribution in [0.5, 0.6) is 0 Å². The molecule has 0 amide bonds. The summed E-state index contributed by atoms with van der Waals surface area (Å²) in [5.41, 5.74) is 20.6. The van der Waals surface area contributed by atoms with Crippen molar-refractivity contribution in [3.05, 3.63) is 211 Å². The number of hydrogen-bond donors (Lipinski definition) is 0. The molecule has 0 aliphatic heterocycles. The molecule has 8 aromatic rings. The van der Waals surface area contributed by atoms with Gasteiger partial charge in [0.2, 0.25) is 0 Å². The maximum atomic E-state index is 2.54. The Hall–Kier alpha value is -6.90. The summed E-state index contributed by atoms with van der Waals surface area (Å²) in [6, 6.07) is 58.7. The second kappa shape index (κ2) is 12.3. The summed E-state index contributed by atoms with van der Waals surface area (Å²) in [5, 5.41) is 2.58. The van der Waals surface area contributed by atoms with E-state index in [-0.39, 0.29) is 11.8 Å². The Morgan fingerprint density at radius 3 is 2.05 bits per heavy atom. The second-order valence-corrected chi connectivity index (χ2v) is 15.5. The average molecular weight is 715 g/mol. The molecule has 6 bridgehead atoms. The molecule has 1 aromatic heterocycles. The smallest absolute Gasteiger partial charge is 0.0547 e. The Morgan fingerprint density at radius 1 is 0.500 bits per heavy atom. The van der Waals surface area contributed by atoms with E-state index in [1.54, 1.807) is 0 Å². The molecule has 2 atom stereocenters. The largest absolute Gasteiger partial charge is 0.311 e. The molecule has 0 saturated heterocycles. The van der Waals surface area contributed by atoms with E-state index in [9.17, 15) is 0 Å². The van der Waals surface area contributed by atoms with Crippen LogP contribution in [0, 0.1) is 0 Å². The van der Waals surface area contributed by atoms with Gasteiger partial charge < -0.3 is 9.47 Å². The quantitative estimate of drug-likeness (QED) is 0.172. The fourth-order valence-electron chi connectivity index (χ4n) is 10.1. The summed E-state index contributed by atoms with van der Waals surface area (Å²) in [7, 11) is 0. The number of benzene rings is 7. The minimum atomic E-state index is 0.186. The standard InChI is InChI=1S/C54H38N2/c1-3-13-37(14-4-1)55(39-28-25-35(26-29-39)36-27-31-44-43-18-9-10-24-51(43)56(52(44)33-36)38-15-5-2-6-16-38)40-30-32-42-47-21-12-22-48-49-23-11-20-46(54(49)50(42)34-40)41-17-7-8-19-45(41)53(47)48/h1,3-5,7-34,42,50H,2,6H2. The molecule has 4 aliphatic rings. The van der Waals surface area contributed by atoms with Crippen LogP contribution in [0.3, 0.4) is 0 Å². The highest BCUT2D eigenvalue weighted by molar-refractivity contribution is 6.11. The molecule has 0 N–H and O–H groups in total. The highest BCUT2D eigenvalue weighted by atomic mass is 15.1. The monoisotopic (exact) mass is 714 g/mol. The number of nitrogens with zero attached hydrogens (tertiary/aromatic N) is 2. The molecule has 2 unspecified atom stereocenters. The second-order valence-electron chi connectivity index (χ2n) is 15.5. The summed E-state index contributed by atoms with van der Waals surface area (Å²) < 4.78 is 2.44. The van der Waals surface area contributed by atoms with Crippen LogP contribution >= 0.6 is 0 Å². The van der Waals surface area contributed by atoms with Crippen molar-refractivity contribution in [2.24, 2.45) is 0 Å². The van der Waals surface area contributed by atoms with Crippen LogP contribution in [-0.2, 0) is 0 Å². The topological polar surface area (TPSA) is 8.17 Å². The van der Waals surface area contributed by atoms with Crippen LogP contribution in [0.2, 0.25) is 0 Å². The van der Waals surface area contributed by atoms with Gasteiger partial charge in [0.1, 0.15) is 0 Å². The van der Waals surface area contributed by atoms with Gasteiger partial charge in [-0.15, -0.1) is 0 Å². The molecule has 7 aromatic carbocycles. The zero-order valence-corrected chi connectivity index (χ0v) is 30.9. The van der Waals surface area contributed by atoms with Crippen molar-refractivity contribution in [3.8, 4) is 44.5 Å². The number of anilines is 2. The Balaban J connectivity index is 0.980. The summed E-state index contributed by atoms with van der Waals surface area (Å²) in [4.78, 5) is 2.43. The van der Waals surface area contributed by atoms with E-state index in [1.165, 1.54) is 88.8 Å². The van der Waals surface area contributed by atoms with Gasteiger partial charge in [-0.05, 0) is 117 Å². The van der Waals surface area contributed by atoms with Gasteiger partial charge in [0.15, 0.2) is 0 Å². The first kappa shape index (κ1) is 31.5. The van der Waals surface area contributed by atoms with Gasteiger partial charge in [-0.2, -0.15) is 0 Å². The molecule has 2 heteroatoms. The van der Waals surface area contributed by atoms with E-state index in [1.807, 2.05) is 0 Å². The van der Waals surface area contributed by atoms with Crippen LogP contribution in [0.1, 0.15) is 35.8 Å². The van der Waals surface area contributed by atoms with Crippen molar-refractivity contribution in [2.75, 3.05) is 4.90 Å². The zero-order chi connectivity index (χ0) is 36.7. The lowest BCUT2D eigenvalue weighted by atomic mass is 9.73. The number of para-hydroxylation sites is 2. The van der Waals surface area contributed by atoms with Gasteiger partial charge in [0.05, 0.1) is 11.0 Å². The lowest BCUT2D eigenvalue weighted by molar-refractivity contribution is 0.728. The molecule has 12 rings (SSSR count). The highest BCUT2D eigenvalue weighted by Gasteiger charge is 2.38. The molecule has 0 spiro atoms. The summed E-state index contributed by atoms with van der Waals surface area (Å²) in [5.74, 6) is 0.432. The van der Waals surface area contributed by atoms with E-state index in [2.05, 4.69) is 204 Å². The Morgan fingerprint density at radius 2 is 1.20 bits per heavy atom. The van der Waals surface area contributed by atoms with Crippen LogP contribution in [-0.4, -0.2) is 4.57 Å². The Kier molecular flexibility index (Phi) is 6.91. The minimum Gasteiger partial charge on any atom is -0.311 e. The van der Waals surface area contributed by atoms with Gasteiger partial charge in [0.25, 0.3) is 0 Å². The van der Waals surface area contributed by atoms with Crippen LogP contribution < -0.4 is 4.90 Å². The molecular formula is C54H38N2. The number of aromatic nitrogens is 1. The van der Waals surface area contributed by atoms with E-state index >= 15 is 0 Å². The predicted octanol–water partition coefficient (Wildman–Crippen LogP) is 14.4. The van der Waals surface area contributed by atoms with E-state index in [0.29, 0.717) is 0 Å². The third-order valence-corrected chi connectivity index (χ3v) is 12.5. The molecule has 264 valence electrons. The van der Waals surface area contributed by atoms with E-state index < -0.39 is 0 Å². The molecular weight excluding hydrogens is 677 g/mol. The van der Waals surface area contributed by atoms with Crippen molar-refractivity contribution in [2.45, 2.75) is 24.7 Å². The van der Waals surface area contributed by atoms with Gasteiger partial charge in [-0.1, -0.05) is 146 Å². The third-order valence-electron chi connectivity index (χ3n) is 12.5. The number of hydrogen-bond acceptors (Lipinski definition) is 1. The van der Waals surface area contributed by atoms with Crippen LogP contribution in [0.15, 0.2) is 200 Å². The number of allylic oxidation sites excluding steroid dienone is 7. The minimum absolute atomic E-state index is 0.186. The molecule has 56 heavy (non-hydrogen) atoms. The maximum Gasteiger partial charge on any atom is 0.0547 e. The first-order valence-corrected chi connectivity index (χ1v) is 19.9. The average Bonchev–Trinajstić information content (AvgIpc) is 3.54. The van der Waals surface area contributed by atoms with E-state index in [0.717, 1.165) is 24.2 Å². The van der Waals surface area contributed by atoms with Crippen molar-refractivity contribution in [1.82, 2.24) is 4.57 Å². The molecule has 4 aliphatic carbocycles. The molecule has 0 saturated carbocycles. The first-order chi connectivity index (χ1) is 27.8. The molecule has 1 heterocycles. The fourth-order valence-corrected chi connectivity index (χ4v) is 10.1. The van der Waals surface area contributed by atoms with Gasteiger partial charge in [-0.25, -0.2) is 0 Å². The summed E-state index contributed by atoms with van der Waals surface area (Å²) in [6.07, 6.45) is 16.5. The van der Waals surface area contributed by atoms with Crippen molar-refractivity contribution < 1.29 is 0 Å². The number of fused-ring (bicyclic) bond motifs is 7. The summed E-state index contributed by atoms with van der Waals surface area (Å²) >= 11 is 0. The van der Waals surface area contributed by atoms with Crippen LogP contribution in [0.25, 0.3) is 72.0 Å². The van der Waals surface area contributed by atoms with Crippen molar-refractivity contribution in [1.29, 1.82) is 0 Å². The van der Waals surface area contributed by atoms with E-state index in [4.69, 9.17) is 0 Å². The lowest BCUT2D eigenvalue weighted by Gasteiger charge is -2.34. The van der Waals surface area contributed by atoms with Gasteiger partial charge in [-0.3, -0.25) is 0 Å². The van der Waals surface area contributed by atoms with Crippen LogP contribution in [0.4, 0.5) is 11.4 Å². The lowest BCUT2D eigenvalue weighted by Crippen LogP contribution is -2.21. The maximum absolute atomic E-state index is 2.54.